The fourth-order valence-corrected chi connectivity index (χ4v) is 3.07. The van der Waals surface area contributed by atoms with Gasteiger partial charge in [0.25, 0.3) is 5.91 Å². The monoisotopic (exact) mass is 419 g/mol. The Hall–Kier alpha value is -2.57. The van der Waals surface area contributed by atoms with Gasteiger partial charge in [0.05, 0.1) is 12.8 Å². The molecule has 1 aromatic rings. The second-order valence-corrected chi connectivity index (χ2v) is 7.60. The lowest BCUT2D eigenvalue weighted by Crippen LogP contribution is -2.34. The van der Waals surface area contributed by atoms with Gasteiger partial charge < -0.3 is 15.5 Å². The van der Waals surface area contributed by atoms with Crippen LogP contribution >= 0.6 is 0 Å². The zero-order valence-electron chi connectivity index (χ0n) is 18.2. The van der Waals surface area contributed by atoms with Crippen molar-refractivity contribution in [2.45, 2.75) is 84.0 Å². The minimum Gasteiger partial charge on any atom is -0.508 e. The topological polar surface area (TPSA) is 111 Å². The molecule has 2 amide bonds. The standard InChI is InChI=1S/C23H37N3O4/c1-2-3-4-5-6-7-8-9-10-11-12-13-22(29)24-18-23(30)26-25-17-19-14-15-20(27)16-21(19)28/h14-17,27-28H,2-13,18H2,1H3,(H,24,29)(H,26,30)/b25-17-. The minimum absolute atomic E-state index is 0.0609. The number of nitrogens with zero attached hydrogens (tertiary/aromatic N) is 1. The molecule has 0 aromatic heterocycles. The van der Waals surface area contributed by atoms with Gasteiger partial charge in [-0.15, -0.1) is 0 Å². The molecule has 1 aromatic carbocycles. The Bertz CT molecular complexity index is 662. The molecule has 0 atom stereocenters. The van der Waals surface area contributed by atoms with E-state index in [4.69, 9.17) is 0 Å². The Morgan fingerprint density at radius 3 is 2.10 bits per heavy atom. The van der Waals surface area contributed by atoms with Crippen molar-refractivity contribution in [2.24, 2.45) is 5.10 Å². The highest BCUT2D eigenvalue weighted by molar-refractivity contribution is 5.87. The largest absolute Gasteiger partial charge is 0.508 e. The molecule has 0 heterocycles. The summed E-state index contributed by atoms with van der Waals surface area (Å²) in [6, 6.07) is 4.05. The maximum Gasteiger partial charge on any atom is 0.259 e. The van der Waals surface area contributed by atoms with Gasteiger partial charge in [-0.1, -0.05) is 71.1 Å². The van der Waals surface area contributed by atoms with Crippen LogP contribution in [0.4, 0.5) is 0 Å². The summed E-state index contributed by atoms with van der Waals surface area (Å²) in [6.45, 7) is 2.09. The lowest BCUT2D eigenvalue weighted by molar-refractivity contribution is -0.126. The molecule has 4 N–H and O–H groups in total. The number of hydrogen-bond acceptors (Lipinski definition) is 5. The Kier molecular flexibility index (Phi) is 13.8. The normalized spacial score (nSPS) is 11.0. The number of benzene rings is 1. The third-order valence-corrected chi connectivity index (χ3v) is 4.86. The number of phenols is 2. The van der Waals surface area contributed by atoms with E-state index in [-0.39, 0.29) is 24.0 Å². The molecule has 0 aliphatic carbocycles. The van der Waals surface area contributed by atoms with E-state index in [1.807, 2.05) is 0 Å². The molecule has 0 radical (unpaired) electrons. The summed E-state index contributed by atoms with van der Waals surface area (Å²) in [5, 5.41) is 25.1. The lowest BCUT2D eigenvalue weighted by Gasteiger charge is -2.05. The van der Waals surface area contributed by atoms with Gasteiger partial charge in [0.15, 0.2) is 0 Å². The first-order chi connectivity index (χ1) is 14.5. The minimum atomic E-state index is -0.447. The van der Waals surface area contributed by atoms with Crippen LogP contribution in [0.5, 0.6) is 11.5 Å². The molecule has 0 saturated heterocycles. The summed E-state index contributed by atoms with van der Waals surface area (Å²) in [4.78, 5) is 23.5. The van der Waals surface area contributed by atoms with Crippen LogP contribution in [0.25, 0.3) is 0 Å². The summed E-state index contributed by atoms with van der Waals surface area (Å²) >= 11 is 0. The van der Waals surface area contributed by atoms with E-state index in [1.165, 1.54) is 75.8 Å². The quantitative estimate of drug-likeness (QED) is 0.181. The number of amides is 2. The van der Waals surface area contributed by atoms with Crippen LogP contribution in [0, 0.1) is 0 Å². The first kappa shape index (κ1) is 25.5. The number of aromatic hydroxyl groups is 2. The summed E-state index contributed by atoms with van der Waals surface area (Å²) in [5.74, 6) is -0.791. The molecule has 1 rings (SSSR count). The molecule has 0 unspecified atom stereocenters. The number of phenolic OH excluding ortho intramolecular Hbond substituents is 2. The molecule has 0 saturated carbocycles. The third-order valence-electron chi connectivity index (χ3n) is 4.86. The molecule has 0 aliphatic rings. The van der Waals surface area contributed by atoms with E-state index in [0.717, 1.165) is 19.3 Å². The summed E-state index contributed by atoms with van der Waals surface area (Å²) in [7, 11) is 0. The van der Waals surface area contributed by atoms with Crippen molar-refractivity contribution in [3.05, 3.63) is 23.8 Å². The second kappa shape index (κ2) is 16.3. The Morgan fingerprint density at radius 2 is 1.50 bits per heavy atom. The van der Waals surface area contributed by atoms with Crippen molar-refractivity contribution in [1.29, 1.82) is 0 Å². The predicted octanol–water partition coefficient (Wildman–Crippen LogP) is 4.37. The zero-order valence-corrected chi connectivity index (χ0v) is 18.2. The maximum atomic E-state index is 11.8. The number of carbonyl (C=O) groups is 2. The summed E-state index contributed by atoms with van der Waals surface area (Å²) in [5.41, 5.74) is 2.64. The fourth-order valence-electron chi connectivity index (χ4n) is 3.07. The SMILES string of the molecule is CCCCCCCCCCCCCC(=O)NCC(=O)N/N=C\c1ccc(O)cc1O. The average Bonchev–Trinajstić information content (AvgIpc) is 2.72. The highest BCUT2D eigenvalue weighted by atomic mass is 16.3. The number of carbonyl (C=O) groups excluding carboxylic acids is 2. The number of rotatable bonds is 16. The number of nitrogens with one attached hydrogen (secondary N) is 2. The van der Waals surface area contributed by atoms with Crippen LogP contribution in [0.15, 0.2) is 23.3 Å². The lowest BCUT2D eigenvalue weighted by atomic mass is 10.1. The van der Waals surface area contributed by atoms with Crippen LogP contribution < -0.4 is 10.7 Å². The number of hydrazone groups is 1. The molecule has 0 bridgehead atoms. The van der Waals surface area contributed by atoms with Crippen LogP contribution in [0.3, 0.4) is 0 Å². The van der Waals surface area contributed by atoms with Crippen molar-refractivity contribution in [1.82, 2.24) is 10.7 Å². The second-order valence-electron chi connectivity index (χ2n) is 7.60. The maximum absolute atomic E-state index is 11.8. The summed E-state index contributed by atoms with van der Waals surface area (Å²) in [6.07, 6.45) is 15.2. The molecule has 7 nitrogen and oxygen atoms in total. The van der Waals surface area contributed by atoms with Gasteiger partial charge in [-0.3, -0.25) is 9.59 Å². The van der Waals surface area contributed by atoms with Crippen LogP contribution in [0.1, 0.15) is 89.5 Å². The van der Waals surface area contributed by atoms with E-state index in [0.29, 0.717) is 12.0 Å². The Morgan fingerprint density at radius 1 is 0.900 bits per heavy atom. The fraction of sp³-hybridized carbons (Fsp3) is 0.609. The molecule has 168 valence electrons. The molecule has 0 fully saturated rings. The van der Waals surface area contributed by atoms with Crippen LogP contribution in [-0.2, 0) is 9.59 Å². The first-order valence-corrected chi connectivity index (χ1v) is 11.1. The van der Waals surface area contributed by atoms with E-state index in [9.17, 15) is 19.8 Å². The smallest absolute Gasteiger partial charge is 0.259 e. The van der Waals surface area contributed by atoms with Crippen molar-refractivity contribution in [3.8, 4) is 11.5 Å². The molecular formula is C23H37N3O4. The molecule has 7 heteroatoms. The van der Waals surface area contributed by atoms with Crippen LogP contribution in [0.2, 0.25) is 0 Å². The van der Waals surface area contributed by atoms with Crippen molar-refractivity contribution < 1.29 is 19.8 Å². The highest BCUT2D eigenvalue weighted by Crippen LogP contribution is 2.20. The van der Waals surface area contributed by atoms with E-state index >= 15 is 0 Å². The first-order valence-electron chi connectivity index (χ1n) is 11.1. The highest BCUT2D eigenvalue weighted by Gasteiger charge is 2.05. The number of hydrogen-bond donors (Lipinski definition) is 4. The van der Waals surface area contributed by atoms with Gasteiger partial charge in [-0.25, -0.2) is 5.43 Å². The van der Waals surface area contributed by atoms with Crippen molar-refractivity contribution >= 4 is 18.0 Å². The predicted molar refractivity (Wildman–Crippen MR) is 120 cm³/mol. The van der Waals surface area contributed by atoms with Gasteiger partial charge >= 0.3 is 0 Å². The summed E-state index contributed by atoms with van der Waals surface area (Å²) < 4.78 is 0. The van der Waals surface area contributed by atoms with Gasteiger partial charge in [-0.05, 0) is 18.6 Å². The number of unbranched alkanes of at least 4 members (excludes halogenated alkanes) is 10. The third kappa shape index (κ3) is 12.8. The Labute approximate surface area is 180 Å². The molecule has 30 heavy (non-hydrogen) atoms. The zero-order chi connectivity index (χ0) is 22.0. The van der Waals surface area contributed by atoms with E-state index in [1.54, 1.807) is 0 Å². The van der Waals surface area contributed by atoms with Gasteiger partial charge in [0.1, 0.15) is 11.5 Å². The molecule has 0 spiro atoms. The molecule has 0 aliphatic heterocycles. The van der Waals surface area contributed by atoms with Gasteiger partial charge in [-0.2, -0.15) is 5.10 Å². The van der Waals surface area contributed by atoms with E-state index in [2.05, 4.69) is 22.8 Å². The van der Waals surface area contributed by atoms with Gasteiger partial charge in [0, 0.05) is 18.1 Å². The van der Waals surface area contributed by atoms with Crippen molar-refractivity contribution in [2.75, 3.05) is 6.54 Å². The Balaban J connectivity index is 2.00. The van der Waals surface area contributed by atoms with Crippen molar-refractivity contribution in [3.63, 3.8) is 0 Å². The average molecular weight is 420 g/mol. The van der Waals surface area contributed by atoms with Gasteiger partial charge in [0.2, 0.25) is 5.91 Å². The molecular weight excluding hydrogens is 382 g/mol. The van der Waals surface area contributed by atoms with Crippen LogP contribution in [-0.4, -0.2) is 34.8 Å². The van der Waals surface area contributed by atoms with E-state index < -0.39 is 5.91 Å².